The van der Waals surface area contributed by atoms with E-state index < -0.39 is 17.8 Å². The van der Waals surface area contributed by atoms with Gasteiger partial charge in [-0.1, -0.05) is 45.5 Å². The van der Waals surface area contributed by atoms with Gasteiger partial charge in [0.05, 0.1) is 34.7 Å². The largest absolute Gasteiger partial charge is 0.483 e. The number of carbonyl (C=O) groups excluding carboxylic acids is 4. The van der Waals surface area contributed by atoms with Gasteiger partial charge in [-0.2, -0.15) is 0 Å². The van der Waals surface area contributed by atoms with Gasteiger partial charge in [0.1, 0.15) is 5.75 Å². The molecule has 4 aromatic rings. The number of esters is 1. The van der Waals surface area contributed by atoms with E-state index in [0.29, 0.717) is 22.7 Å². The second kappa shape index (κ2) is 12.6. The number of hydrogen-bond donors (Lipinski definition) is 2. The summed E-state index contributed by atoms with van der Waals surface area (Å²) in [6, 6.07) is 21.1. The number of hydrogen-bond acceptors (Lipinski definition) is 9. The van der Waals surface area contributed by atoms with Crippen molar-refractivity contribution < 1.29 is 28.7 Å². The molecule has 3 aromatic carbocycles. The van der Waals surface area contributed by atoms with Crippen molar-refractivity contribution in [3.8, 4) is 5.75 Å². The summed E-state index contributed by atoms with van der Waals surface area (Å²) >= 11 is 6.41. The zero-order valence-corrected chi connectivity index (χ0v) is 29.3. The van der Waals surface area contributed by atoms with Crippen LogP contribution in [0.25, 0.3) is 0 Å². The van der Waals surface area contributed by atoms with E-state index in [1.54, 1.807) is 55.1 Å². The normalized spacial score (nSPS) is 26.2. The van der Waals surface area contributed by atoms with Crippen LogP contribution in [0.5, 0.6) is 5.75 Å². The predicted molar refractivity (Wildman–Crippen MR) is 188 cm³/mol. The summed E-state index contributed by atoms with van der Waals surface area (Å²) < 4.78 is 12.0. The standard InChI is InChI=1S/C36H30BrN3O7S2/c1-2-46-35(44)17-8-11-19(12-9-17)38-25(41)16-47-24-13-10-18(37)14-21(24)26-27-22-15-23(30(27)48-32-31(26)49-36(45)39-32)29-28(22)33(42)40(34(29)43)20-6-4-3-5-7-20/h3-14,22-23,26-30H,2,15-16H2,1H3,(H,38,41)(H,39,45)/t22-,23-,26+,27-,28+,29+,30-/m1/s1. The zero-order valence-electron chi connectivity index (χ0n) is 26.1. The first-order valence-electron chi connectivity index (χ1n) is 16.0. The van der Waals surface area contributed by atoms with Gasteiger partial charge >= 0.3 is 10.8 Å². The van der Waals surface area contributed by atoms with Gasteiger partial charge < -0.3 is 19.8 Å². The maximum Gasteiger partial charge on any atom is 0.338 e. The summed E-state index contributed by atoms with van der Waals surface area (Å²) in [4.78, 5) is 70.8. The summed E-state index contributed by atoms with van der Waals surface area (Å²) in [5, 5.41) is 3.60. The lowest BCUT2D eigenvalue weighted by atomic mass is 9.68. The van der Waals surface area contributed by atoms with Gasteiger partial charge in [-0.25, -0.2) is 4.79 Å². The molecule has 0 radical (unpaired) electrons. The lowest BCUT2D eigenvalue weighted by Crippen LogP contribution is -2.42. The van der Waals surface area contributed by atoms with Gasteiger partial charge in [0, 0.05) is 31.8 Å². The molecule has 2 saturated carbocycles. The number of anilines is 2. The Labute approximate surface area is 297 Å². The second-order valence-electron chi connectivity index (χ2n) is 12.6. The Kier molecular flexibility index (Phi) is 8.24. The Balaban J connectivity index is 1.08. The minimum Gasteiger partial charge on any atom is -0.483 e. The summed E-state index contributed by atoms with van der Waals surface area (Å²) in [6.07, 6.45) is 0.759. The lowest BCUT2D eigenvalue weighted by molar-refractivity contribution is -0.123. The third-order valence-electron chi connectivity index (χ3n) is 10.1. The van der Waals surface area contributed by atoms with Gasteiger partial charge in [0.15, 0.2) is 6.61 Å². The van der Waals surface area contributed by atoms with Gasteiger partial charge in [-0.05, 0) is 85.7 Å². The van der Waals surface area contributed by atoms with Gasteiger partial charge in [-0.15, -0.1) is 11.8 Å². The fourth-order valence-electron chi connectivity index (χ4n) is 8.33. The number of fused-ring (bicyclic) bond motifs is 9. The van der Waals surface area contributed by atoms with Crippen LogP contribution in [0.2, 0.25) is 0 Å². The van der Waals surface area contributed by atoms with E-state index in [9.17, 15) is 24.0 Å². The molecule has 49 heavy (non-hydrogen) atoms. The molecule has 1 saturated heterocycles. The molecular weight excluding hydrogens is 730 g/mol. The average Bonchev–Trinajstić information content (AvgIpc) is 3.83. The van der Waals surface area contributed by atoms with Crippen LogP contribution < -0.4 is 19.8 Å². The van der Waals surface area contributed by atoms with Crippen LogP contribution in [-0.2, 0) is 19.1 Å². The van der Waals surface area contributed by atoms with Crippen LogP contribution >= 0.6 is 39.0 Å². The van der Waals surface area contributed by atoms with Gasteiger partial charge in [0.25, 0.3) is 5.91 Å². The highest BCUT2D eigenvalue weighted by atomic mass is 79.9. The Morgan fingerprint density at radius 1 is 0.980 bits per heavy atom. The van der Waals surface area contributed by atoms with Crippen molar-refractivity contribution in [2.24, 2.45) is 29.6 Å². The number of aromatic amines is 1. The monoisotopic (exact) mass is 759 g/mol. The molecule has 3 fully saturated rings. The highest BCUT2D eigenvalue weighted by Crippen LogP contribution is 2.69. The minimum atomic E-state index is -0.436. The minimum absolute atomic E-state index is 0.00850. The number of H-pyrrole nitrogens is 1. The van der Waals surface area contributed by atoms with E-state index >= 15 is 0 Å². The summed E-state index contributed by atoms with van der Waals surface area (Å²) in [7, 11) is 0. The third kappa shape index (κ3) is 5.42. The van der Waals surface area contributed by atoms with Crippen LogP contribution in [0, 0.1) is 29.6 Å². The number of thiazole rings is 1. The molecule has 8 rings (SSSR count). The Bertz CT molecular complexity index is 2050. The molecule has 2 aliphatic heterocycles. The molecular formula is C36H30BrN3O7S2. The maximum atomic E-state index is 14.0. The van der Waals surface area contributed by atoms with E-state index in [1.165, 1.54) is 4.90 Å². The topological polar surface area (TPSA) is 135 Å². The Hall–Kier alpha value is -4.20. The van der Waals surface area contributed by atoms with Gasteiger partial charge in [0.2, 0.25) is 11.8 Å². The highest BCUT2D eigenvalue weighted by molar-refractivity contribution is 9.10. The van der Waals surface area contributed by atoms with Crippen LogP contribution in [0.3, 0.4) is 0 Å². The van der Waals surface area contributed by atoms with Crippen molar-refractivity contribution in [3.05, 3.63) is 103 Å². The second-order valence-corrected chi connectivity index (χ2v) is 15.7. The molecule has 2 bridgehead atoms. The number of nitrogens with one attached hydrogen (secondary N) is 2. The highest BCUT2D eigenvalue weighted by Gasteiger charge is 2.69. The van der Waals surface area contributed by atoms with E-state index in [0.717, 1.165) is 37.7 Å². The Morgan fingerprint density at radius 2 is 1.71 bits per heavy atom. The van der Waals surface area contributed by atoms with Crippen molar-refractivity contribution in [1.82, 2.24) is 4.98 Å². The SMILES string of the molecule is CCOC(=O)c1ccc(NC(=O)COc2ccc(Br)cc2[C@@H]2c3sc(=O)[nH]c3S[C@@H]3[C@@H]4C[C@@H]([C@@H]5C(=O)N(c6ccccc6)C(=O)[C@@H]45)[C@H]23)cc1. The average molecular weight is 761 g/mol. The van der Waals surface area contributed by atoms with E-state index in [2.05, 4.69) is 26.2 Å². The van der Waals surface area contributed by atoms with Gasteiger partial charge in [-0.3, -0.25) is 24.1 Å². The zero-order chi connectivity index (χ0) is 34.0. The van der Waals surface area contributed by atoms with Crippen molar-refractivity contribution in [3.63, 3.8) is 0 Å². The molecule has 0 unspecified atom stereocenters. The number of amides is 3. The molecule has 2 aliphatic carbocycles. The first kappa shape index (κ1) is 32.0. The number of halogens is 1. The first-order valence-corrected chi connectivity index (χ1v) is 18.5. The van der Waals surface area contributed by atoms with E-state index in [1.807, 2.05) is 36.4 Å². The molecule has 1 aromatic heterocycles. The number of thioether (sulfide) groups is 1. The molecule has 3 amide bonds. The van der Waals surface area contributed by atoms with Crippen molar-refractivity contribution in [2.75, 3.05) is 23.4 Å². The van der Waals surface area contributed by atoms with Crippen LogP contribution in [0.15, 0.2) is 87.1 Å². The van der Waals surface area contributed by atoms with E-state index in [-0.39, 0.29) is 64.7 Å². The molecule has 0 spiro atoms. The Morgan fingerprint density at radius 3 is 2.45 bits per heavy atom. The number of imide groups is 1. The molecule has 2 N–H and O–H groups in total. The molecule has 3 heterocycles. The first-order chi connectivity index (χ1) is 23.7. The third-order valence-corrected chi connectivity index (χ3v) is 13.2. The molecule has 7 atom stereocenters. The number of rotatable bonds is 8. The quantitative estimate of drug-likeness (QED) is 0.163. The van der Waals surface area contributed by atoms with Crippen LogP contribution in [-0.4, -0.2) is 47.1 Å². The van der Waals surface area contributed by atoms with E-state index in [4.69, 9.17) is 9.47 Å². The van der Waals surface area contributed by atoms with Crippen molar-refractivity contribution in [1.29, 1.82) is 0 Å². The summed E-state index contributed by atoms with van der Waals surface area (Å²) in [6.45, 7) is 1.72. The van der Waals surface area contributed by atoms with Crippen molar-refractivity contribution in [2.45, 2.75) is 29.5 Å². The molecule has 10 nitrogen and oxygen atoms in total. The number of carbonyl (C=O) groups is 4. The smallest absolute Gasteiger partial charge is 0.338 e. The number of nitrogens with zero attached hydrogens (tertiary/aromatic N) is 1. The molecule has 250 valence electrons. The van der Waals surface area contributed by atoms with Crippen molar-refractivity contribution >= 4 is 74.1 Å². The molecule has 4 aliphatic rings. The number of ether oxygens (including phenoxy) is 2. The lowest BCUT2D eigenvalue weighted by Gasteiger charge is -2.43. The molecule has 13 heteroatoms. The number of para-hydroxylation sites is 1. The summed E-state index contributed by atoms with van der Waals surface area (Å²) in [5.74, 6) is -1.86. The van der Waals surface area contributed by atoms with Crippen LogP contribution in [0.4, 0.5) is 11.4 Å². The summed E-state index contributed by atoms with van der Waals surface area (Å²) in [5.41, 5.74) is 2.30. The fraction of sp³-hybridized carbons (Fsp3) is 0.306. The maximum absolute atomic E-state index is 14.0. The number of benzene rings is 3. The number of aromatic nitrogens is 1. The predicted octanol–water partition coefficient (Wildman–Crippen LogP) is 6.07. The van der Waals surface area contributed by atoms with Crippen LogP contribution in [0.1, 0.15) is 40.1 Å². The fourth-order valence-corrected chi connectivity index (χ4v) is 11.6.